The molecule has 12 heteroatoms. The molecule has 0 aliphatic carbocycles. The van der Waals surface area contributed by atoms with Crippen LogP contribution in [0.4, 0.5) is 8.78 Å². The van der Waals surface area contributed by atoms with Gasteiger partial charge in [-0.15, -0.1) is 11.3 Å². The van der Waals surface area contributed by atoms with Crippen molar-refractivity contribution in [2.45, 2.75) is 57.3 Å². The van der Waals surface area contributed by atoms with Gasteiger partial charge < -0.3 is 25.4 Å². The minimum absolute atomic E-state index is 0.0307. The maximum Gasteiger partial charge on any atom is 0.267 e. The lowest BCUT2D eigenvalue weighted by molar-refractivity contribution is -0.147. The summed E-state index contributed by atoms with van der Waals surface area (Å²) in [6, 6.07) is 13.1. The molecule has 3 amide bonds. The largest absolute Gasteiger partial charge is 0.497 e. The molecule has 1 aliphatic rings. The molecule has 0 radical (unpaired) electrons. The van der Waals surface area contributed by atoms with Gasteiger partial charge in [-0.3, -0.25) is 14.4 Å². The molecule has 1 aliphatic heterocycles. The number of methoxy groups -OCH3 is 1. The van der Waals surface area contributed by atoms with Crippen LogP contribution in [0.1, 0.15) is 37.9 Å². The predicted octanol–water partition coefficient (Wildman–Crippen LogP) is 3.02. The van der Waals surface area contributed by atoms with E-state index in [-0.39, 0.29) is 13.0 Å². The van der Waals surface area contributed by atoms with Crippen molar-refractivity contribution in [3.63, 3.8) is 0 Å². The highest BCUT2D eigenvalue weighted by Gasteiger charge is 2.51. The number of aliphatic hydroxyl groups is 1. The molecule has 3 N–H and O–H groups in total. The van der Waals surface area contributed by atoms with Crippen molar-refractivity contribution in [2.24, 2.45) is 0 Å². The number of aliphatic hydroxyl groups excluding tert-OH is 1. The predicted molar refractivity (Wildman–Crippen MR) is 149 cm³/mol. The van der Waals surface area contributed by atoms with E-state index in [0.29, 0.717) is 37.4 Å². The number of aromatic nitrogens is 1. The summed E-state index contributed by atoms with van der Waals surface area (Å²) in [5.74, 6) is -5.14. The molecule has 1 saturated heterocycles. The van der Waals surface area contributed by atoms with Gasteiger partial charge in [0.05, 0.1) is 30.4 Å². The van der Waals surface area contributed by atoms with Gasteiger partial charge in [0.15, 0.2) is 6.10 Å². The third-order valence-corrected chi connectivity index (χ3v) is 7.89. The first-order chi connectivity index (χ1) is 19.5. The summed E-state index contributed by atoms with van der Waals surface area (Å²) in [5.41, 5.74) is 1.89. The maximum atomic E-state index is 14.6. The first-order valence-electron chi connectivity index (χ1n) is 13.0. The lowest BCUT2D eigenvalue weighted by Gasteiger charge is -2.30. The Morgan fingerprint density at radius 3 is 2.51 bits per heavy atom. The molecule has 0 spiro atoms. The Bertz CT molecular complexity index is 1400. The number of carbonyl (C=O) groups is 3. The second-order valence-corrected chi connectivity index (χ2v) is 11.2. The summed E-state index contributed by atoms with van der Waals surface area (Å²) in [4.78, 5) is 44.9. The zero-order valence-corrected chi connectivity index (χ0v) is 23.7. The van der Waals surface area contributed by atoms with E-state index in [1.165, 1.54) is 18.4 Å². The van der Waals surface area contributed by atoms with Crippen molar-refractivity contribution >= 4 is 29.1 Å². The minimum atomic E-state index is -3.33. The Balaban J connectivity index is 1.53. The van der Waals surface area contributed by atoms with Crippen LogP contribution in [0.2, 0.25) is 0 Å². The van der Waals surface area contributed by atoms with Crippen LogP contribution in [0.5, 0.6) is 5.75 Å². The summed E-state index contributed by atoms with van der Waals surface area (Å²) in [7, 11) is 1.50. The van der Waals surface area contributed by atoms with E-state index in [0.717, 1.165) is 0 Å². The van der Waals surface area contributed by atoms with Crippen LogP contribution in [-0.2, 0) is 22.6 Å². The minimum Gasteiger partial charge on any atom is -0.497 e. The van der Waals surface area contributed by atoms with Crippen LogP contribution in [-0.4, -0.2) is 70.5 Å². The van der Waals surface area contributed by atoms with Crippen molar-refractivity contribution < 1.29 is 33.0 Å². The number of halogens is 2. The fourth-order valence-electron chi connectivity index (χ4n) is 4.80. The molecule has 1 aromatic heterocycles. The molecule has 9 nitrogen and oxygen atoms in total. The molecule has 4 rings (SSSR count). The van der Waals surface area contributed by atoms with Gasteiger partial charge in [0.1, 0.15) is 16.7 Å². The lowest BCUT2D eigenvalue weighted by atomic mass is 9.99. The van der Waals surface area contributed by atoms with Gasteiger partial charge in [-0.1, -0.05) is 42.5 Å². The highest BCUT2D eigenvalue weighted by molar-refractivity contribution is 7.13. The number of nitrogens with one attached hydrogen (secondary N) is 2. The number of amides is 3. The second kappa shape index (κ2) is 12.7. The molecule has 41 heavy (non-hydrogen) atoms. The van der Waals surface area contributed by atoms with Gasteiger partial charge in [0.2, 0.25) is 5.91 Å². The number of alkyl halides is 2. The summed E-state index contributed by atoms with van der Waals surface area (Å²) in [6.07, 6.45) is -2.73. The Labute approximate surface area is 240 Å². The SMILES string of the molecule is COc1cccc(CNC(=O)[C@@H]2CC(F)(F)CN2C(=O)[C@@H](O)[C@H](Cc2ccccc2)NC(=O)c2sc(C)nc2C)c1. The van der Waals surface area contributed by atoms with Gasteiger partial charge in [-0.25, -0.2) is 13.8 Å². The van der Waals surface area contributed by atoms with Crippen LogP contribution in [0.15, 0.2) is 54.6 Å². The lowest BCUT2D eigenvalue weighted by Crippen LogP contribution is -2.55. The fourth-order valence-corrected chi connectivity index (χ4v) is 5.62. The van der Waals surface area contributed by atoms with Crippen molar-refractivity contribution in [3.8, 4) is 5.75 Å². The number of thiazole rings is 1. The van der Waals surface area contributed by atoms with Crippen LogP contribution in [0, 0.1) is 13.8 Å². The molecular formula is C29H32F2N4O5S. The molecule has 2 aromatic carbocycles. The summed E-state index contributed by atoms with van der Waals surface area (Å²) in [6.45, 7) is 2.43. The Morgan fingerprint density at radius 2 is 1.85 bits per heavy atom. The first-order valence-corrected chi connectivity index (χ1v) is 13.8. The number of ether oxygens (including phenoxy) is 1. The van der Waals surface area contributed by atoms with E-state index in [2.05, 4.69) is 15.6 Å². The zero-order chi connectivity index (χ0) is 29.7. The third-order valence-electron chi connectivity index (χ3n) is 6.82. The molecule has 3 atom stereocenters. The van der Waals surface area contributed by atoms with Crippen LogP contribution in [0.25, 0.3) is 0 Å². The Kier molecular flexibility index (Phi) is 9.34. The first kappa shape index (κ1) is 30.1. The van der Waals surface area contributed by atoms with Crippen LogP contribution < -0.4 is 15.4 Å². The topological polar surface area (TPSA) is 121 Å². The standard InChI is InChI=1S/C29H32F2N4O5S/c1-17-25(41-18(2)33-17)27(38)34-22(13-19-8-5-4-6-9-19)24(36)28(39)35-16-29(30,31)14-23(35)26(37)32-15-20-10-7-11-21(12-20)40-3/h4-12,22-24,36H,13-16H2,1-3H3,(H,32,37)(H,34,38)/t22-,23-,24-/m0/s1. The summed E-state index contributed by atoms with van der Waals surface area (Å²) >= 11 is 1.17. The zero-order valence-electron chi connectivity index (χ0n) is 22.9. The van der Waals surface area contributed by atoms with Gasteiger partial charge in [0, 0.05) is 13.0 Å². The number of rotatable bonds is 10. The number of hydrogen-bond donors (Lipinski definition) is 3. The van der Waals surface area contributed by atoms with Gasteiger partial charge >= 0.3 is 0 Å². The molecule has 218 valence electrons. The average molecular weight is 587 g/mol. The molecule has 0 bridgehead atoms. The van der Waals surface area contributed by atoms with Gasteiger partial charge in [-0.2, -0.15) is 0 Å². The number of aryl methyl sites for hydroxylation is 2. The summed E-state index contributed by atoms with van der Waals surface area (Å²) in [5, 5.41) is 17.2. The number of carbonyl (C=O) groups excluding carboxylic acids is 3. The monoisotopic (exact) mass is 586 g/mol. The third kappa shape index (κ3) is 7.44. The highest BCUT2D eigenvalue weighted by atomic mass is 32.1. The highest BCUT2D eigenvalue weighted by Crippen LogP contribution is 2.33. The molecule has 1 fully saturated rings. The van der Waals surface area contributed by atoms with Crippen molar-refractivity contribution in [3.05, 3.63) is 81.3 Å². The van der Waals surface area contributed by atoms with Gasteiger partial charge in [-0.05, 0) is 43.5 Å². The smallest absolute Gasteiger partial charge is 0.267 e. The number of likely N-dealkylation sites (tertiary alicyclic amines) is 1. The average Bonchev–Trinajstić information content (AvgIpc) is 3.48. The van der Waals surface area contributed by atoms with Crippen molar-refractivity contribution in [2.75, 3.05) is 13.7 Å². The Morgan fingerprint density at radius 1 is 1.15 bits per heavy atom. The van der Waals surface area contributed by atoms with Gasteiger partial charge in [0.25, 0.3) is 17.7 Å². The molecular weight excluding hydrogens is 554 g/mol. The van der Waals surface area contributed by atoms with E-state index in [1.54, 1.807) is 68.4 Å². The van der Waals surface area contributed by atoms with E-state index in [4.69, 9.17) is 4.74 Å². The molecule has 2 heterocycles. The molecule has 0 saturated carbocycles. The number of hydrogen-bond acceptors (Lipinski definition) is 7. The second-order valence-electron chi connectivity index (χ2n) is 9.97. The molecule has 3 aromatic rings. The van der Waals surface area contributed by atoms with E-state index in [1.807, 2.05) is 0 Å². The number of nitrogens with zero attached hydrogens (tertiary/aromatic N) is 2. The fraction of sp³-hybridized carbons (Fsp3) is 0.379. The van der Waals surface area contributed by atoms with Crippen LogP contribution in [0.3, 0.4) is 0 Å². The van der Waals surface area contributed by atoms with Crippen molar-refractivity contribution in [1.82, 2.24) is 20.5 Å². The van der Waals surface area contributed by atoms with Crippen LogP contribution >= 0.6 is 11.3 Å². The normalized spacial score (nSPS) is 17.5. The quantitative estimate of drug-likeness (QED) is 0.336. The van der Waals surface area contributed by atoms with E-state index in [9.17, 15) is 28.3 Å². The number of benzene rings is 2. The van der Waals surface area contributed by atoms with E-state index < -0.39 is 54.8 Å². The van der Waals surface area contributed by atoms with Crippen molar-refractivity contribution in [1.29, 1.82) is 0 Å². The van der Waals surface area contributed by atoms with E-state index >= 15 is 0 Å². The summed E-state index contributed by atoms with van der Waals surface area (Å²) < 4.78 is 34.3. The molecule has 0 unspecified atom stereocenters. The Hall–Kier alpha value is -3.90. The maximum absolute atomic E-state index is 14.6.